The Kier molecular flexibility index (Phi) is 8.46. The topological polar surface area (TPSA) is 74.3 Å². The molecule has 7 nitrogen and oxygen atoms in total. The minimum Gasteiger partial charge on any atom is -0.494 e. The van der Waals surface area contributed by atoms with Crippen molar-refractivity contribution in [2.24, 2.45) is 0 Å². The van der Waals surface area contributed by atoms with Crippen LogP contribution in [0, 0.1) is 5.82 Å². The normalized spacial score (nSPS) is 10.3. The van der Waals surface area contributed by atoms with Crippen molar-refractivity contribution in [3.63, 3.8) is 0 Å². The molecule has 0 saturated heterocycles. The number of para-hydroxylation sites is 1. The monoisotopic (exact) mass is 419 g/mol. The molecule has 0 heterocycles. The van der Waals surface area contributed by atoms with Crippen LogP contribution in [-0.2, 0) is 27.3 Å². The summed E-state index contributed by atoms with van der Waals surface area (Å²) in [7, 11) is 6.01. The highest BCUT2D eigenvalue weighted by molar-refractivity contribution is 5.80. The van der Waals surface area contributed by atoms with Gasteiger partial charge < -0.3 is 23.8 Å². The van der Waals surface area contributed by atoms with E-state index in [1.807, 2.05) is 12.1 Å². The predicted octanol–water partition coefficient (Wildman–Crippen LogP) is 2.99. The average molecular weight is 419 g/mol. The number of esters is 1. The van der Waals surface area contributed by atoms with E-state index in [1.54, 1.807) is 26.3 Å². The standard InChI is InChI=1S/C22H26FNO6/c1-24(13-15-8-10-18(27-2)17(23)12-15)20(25)14-30-21(26)11-9-16-6-5-7-19(28-3)22(16)29-4/h5-8,10,12H,9,11,13-14H2,1-4H3. The summed E-state index contributed by atoms with van der Waals surface area (Å²) in [6.45, 7) is -0.207. The Morgan fingerprint density at radius 1 is 1.00 bits per heavy atom. The first-order valence-electron chi connectivity index (χ1n) is 9.31. The number of halogens is 1. The predicted molar refractivity (Wildman–Crippen MR) is 108 cm³/mol. The number of hydrogen-bond acceptors (Lipinski definition) is 6. The number of aryl methyl sites for hydroxylation is 1. The largest absolute Gasteiger partial charge is 0.494 e. The smallest absolute Gasteiger partial charge is 0.306 e. The number of nitrogens with zero attached hydrogens (tertiary/aromatic N) is 1. The molecule has 1 amide bonds. The summed E-state index contributed by atoms with van der Waals surface area (Å²) in [6.07, 6.45) is 0.471. The van der Waals surface area contributed by atoms with Gasteiger partial charge in [-0.05, 0) is 35.7 Å². The third-order valence-electron chi connectivity index (χ3n) is 4.50. The van der Waals surface area contributed by atoms with Gasteiger partial charge in [-0.25, -0.2) is 4.39 Å². The van der Waals surface area contributed by atoms with Crippen LogP contribution in [0.15, 0.2) is 36.4 Å². The van der Waals surface area contributed by atoms with Crippen LogP contribution in [-0.4, -0.2) is 51.8 Å². The van der Waals surface area contributed by atoms with Gasteiger partial charge in [-0.3, -0.25) is 9.59 Å². The molecular weight excluding hydrogens is 393 g/mol. The van der Waals surface area contributed by atoms with Gasteiger partial charge in [0.05, 0.1) is 21.3 Å². The van der Waals surface area contributed by atoms with E-state index in [-0.39, 0.29) is 25.3 Å². The highest BCUT2D eigenvalue weighted by Gasteiger charge is 2.15. The van der Waals surface area contributed by atoms with E-state index < -0.39 is 17.7 Å². The van der Waals surface area contributed by atoms with Gasteiger partial charge in [0.25, 0.3) is 5.91 Å². The van der Waals surface area contributed by atoms with E-state index in [0.29, 0.717) is 23.5 Å². The van der Waals surface area contributed by atoms with Crippen LogP contribution in [0.2, 0.25) is 0 Å². The van der Waals surface area contributed by atoms with Gasteiger partial charge in [0.15, 0.2) is 29.7 Å². The Balaban J connectivity index is 1.83. The second-order valence-electron chi connectivity index (χ2n) is 6.53. The molecule has 0 spiro atoms. The van der Waals surface area contributed by atoms with Crippen LogP contribution in [0.5, 0.6) is 17.2 Å². The number of methoxy groups -OCH3 is 3. The van der Waals surface area contributed by atoms with Crippen molar-refractivity contribution in [1.29, 1.82) is 0 Å². The van der Waals surface area contributed by atoms with Gasteiger partial charge >= 0.3 is 5.97 Å². The molecule has 0 bridgehead atoms. The first-order chi connectivity index (χ1) is 14.4. The lowest BCUT2D eigenvalue weighted by atomic mass is 10.1. The van der Waals surface area contributed by atoms with Crippen molar-refractivity contribution >= 4 is 11.9 Å². The molecule has 2 rings (SSSR count). The lowest BCUT2D eigenvalue weighted by Crippen LogP contribution is -2.30. The number of hydrogen-bond donors (Lipinski definition) is 0. The number of benzene rings is 2. The number of likely N-dealkylation sites (N-methyl/N-ethyl adjacent to an activating group) is 1. The summed E-state index contributed by atoms with van der Waals surface area (Å²) in [4.78, 5) is 25.6. The molecule has 2 aromatic carbocycles. The molecule has 0 aliphatic rings. The van der Waals surface area contributed by atoms with E-state index in [9.17, 15) is 14.0 Å². The third-order valence-corrected chi connectivity index (χ3v) is 4.50. The van der Waals surface area contributed by atoms with Crippen LogP contribution >= 0.6 is 0 Å². The number of amides is 1. The molecule has 0 fully saturated rings. The zero-order chi connectivity index (χ0) is 22.1. The summed E-state index contributed by atoms with van der Waals surface area (Å²) in [5, 5.41) is 0. The Morgan fingerprint density at radius 2 is 1.73 bits per heavy atom. The molecule has 0 saturated carbocycles. The first-order valence-corrected chi connectivity index (χ1v) is 9.31. The zero-order valence-corrected chi connectivity index (χ0v) is 17.6. The molecule has 0 atom stereocenters. The Bertz CT molecular complexity index is 886. The summed E-state index contributed by atoms with van der Waals surface area (Å²) in [5.41, 5.74) is 1.40. The molecule has 0 unspecified atom stereocenters. The molecule has 8 heteroatoms. The van der Waals surface area contributed by atoms with E-state index in [4.69, 9.17) is 18.9 Å². The second kappa shape index (κ2) is 11.0. The summed E-state index contributed by atoms with van der Waals surface area (Å²) < 4.78 is 34.3. The van der Waals surface area contributed by atoms with Crippen molar-refractivity contribution in [1.82, 2.24) is 4.90 Å². The molecule has 162 valence electrons. The van der Waals surface area contributed by atoms with Crippen molar-refractivity contribution in [2.45, 2.75) is 19.4 Å². The fraction of sp³-hybridized carbons (Fsp3) is 0.364. The highest BCUT2D eigenvalue weighted by atomic mass is 19.1. The van der Waals surface area contributed by atoms with E-state index in [1.165, 1.54) is 31.3 Å². The lowest BCUT2D eigenvalue weighted by molar-refractivity contribution is -0.151. The average Bonchev–Trinajstić information content (AvgIpc) is 2.75. The van der Waals surface area contributed by atoms with E-state index in [2.05, 4.69) is 0 Å². The third kappa shape index (κ3) is 6.10. The van der Waals surface area contributed by atoms with E-state index in [0.717, 1.165) is 5.56 Å². The summed E-state index contributed by atoms with van der Waals surface area (Å²) in [5.74, 6) is -0.120. The number of carbonyl (C=O) groups excluding carboxylic acids is 2. The summed E-state index contributed by atoms with van der Waals surface area (Å²) in [6, 6.07) is 9.87. The van der Waals surface area contributed by atoms with Gasteiger partial charge in [0.2, 0.25) is 0 Å². The fourth-order valence-corrected chi connectivity index (χ4v) is 2.88. The lowest BCUT2D eigenvalue weighted by Gasteiger charge is -2.17. The van der Waals surface area contributed by atoms with Crippen LogP contribution in [0.1, 0.15) is 17.5 Å². The SMILES string of the molecule is COc1ccc(CN(C)C(=O)COC(=O)CCc2cccc(OC)c2OC)cc1F. The van der Waals surface area contributed by atoms with Crippen LogP contribution in [0.3, 0.4) is 0 Å². The molecular formula is C22H26FNO6. The van der Waals surface area contributed by atoms with Crippen LogP contribution < -0.4 is 14.2 Å². The van der Waals surface area contributed by atoms with E-state index >= 15 is 0 Å². The zero-order valence-electron chi connectivity index (χ0n) is 17.6. The van der Waals surface area contributed by atoms with Gasteiger partial charge in [-0.15, -0.1) is 0 Å². The van der Waals surface area contributed by atoms with Crippen LogP contribution in [0.25, 0.3) is 0 Å². The molecule has 2 aromatic rings. The van der Waals surface area contributed by atoms with Gasteiger partial charge in [0.1, 0.15) is 0 Å². The van der Waals surface area contributed by atoms with Gasteiger partial charge in [0, 0.05) is 20.0 Å². The van der Waals surface area contributed by atoms with Gasteiger partial charge in [-0.1, -0.05) is 18.2 Å². The van der Waals surface area contributed by atoms with Crippen molar-refractivity contribution in [3.05, 3.63) is 53.3 Å². The maximum Gasteiger partial charge on any atom is 0.306 e. The maximum atomic E-state index is 13.8. The van der Waals surface area contributed by atoms with Crippen LogP contribution in [0.4, 0.5) is 4.39 Å². The number of rotatable bonds is 10. The Labute approximate surface area is 175 Å². The molecule has 0 N–H and O–H groups in total. The maximum absolute atomic E-state index is 13.8. The Hall–Kier alpha value is -3.29. The molecule has 0 radical (unpaired) electrons. The van der Waals surface area contributed by atoms with Crippen molar-refractivity contribution in [3.8, 4) is 17.2 Å². The first kappa shape index (κ1) is 23.0. The second-order valence-corrected chi connectivity index (χ2v) is 6.53. The number of ether oxygens (including phenoxy) is 4. The molecule has 0 aromatic heterocycles. The van der Waals surface area contributed by atoms with Gasteiger partial charge in [-0.2, -0.15) is 0 Å². The quantitative estimate of drug-likeness (QED) is 0.551. The fourth-order valence-electron chi connectivity index (χ4n) is 2.88. The number of carbonyl (C=O) groups is 2. The Morgan fingerprint density at radius 3 is 2.37 bits per heavy atom. The minimum absolute atomic E-state index is 0.0875. The minimum atomic E-state index is -0.504. The summed E-state index contributed by atoms with van der Waals surface area (Å²) >= 11 is 0. The van der Waals surface area contributed by atoms with Crippen molar-refractivity contribution < 1.29 is 32.9 Å². The van der Waals surface area contributed by atoms with Crippen molar-refractivity contribution in [2.75, 3.05) is 35.0 Å². The highest BCUT2D eigenvalue weighted by Crippen LogP contribution is 2.31. The molecule has 0 aliphatic heterocycles. The molecule has 30 heavy (non-hydrogen) atoms. The molecule has 0 aliphatic carbocycles.